The molecule has 3 heterocycles. The van der Waals surface area contributed by atoms with Gasteiger partial charge in [0.1, 0.15) is 10.9 Å². The van der Waals surface area contributed by atoms with Crippen molar-refractivity contribution >= 4 is 29.1 Å². The minimum absolute atomic E-state index is 0.0940. The first kappa shape index (κ1) is 20.1. The fraction of sp³-hybridized carbons (Fsp3) is 0.273. The number of hydrogen-bond acceptors (Lipinski definition) is 6. The summed E-state index contributed by atoms with van der Waals surface area (Å²) in [4.78, 5) is 27.8. The van der Waals surface area contributed by atoms with Gasteiger partial charge in [-0.05, 0) is 55.3 Å². The molecule has 0 saturated carbocycles. The normalized spacial score (nSPS) is 16.2. The lowest BCUT2D eigenvalue weighted by atomic mass is 9.94. The maximum atomic E-state index is 12.9. The fourth-order valence-electron chi connectivity index (χ4n) is 3.58. The van der Waals surface area contributed by atoms with Crippen LogP contribution in [-0.2, 0) is 0 Å². The Hall–Kier alpha value is -3.19. The molecular weight excluding hydrogens is 402 g/mol. The van der Waals surface area contributed by atoms with Crippen molar-refractivity contribution in [3.05, 3.63) is 71.3 Å². The number of halogens is 1. The first-order chi connectivity index (χ1) is 14.6. The first-order valence-corrected chi connectivity index (χ1v) is 10.2. The summed E-state index contributed by atoms with van der Waals surface area (Å²) in [6.07, 6.45) is 5.19. The van der Waals surface area contributed by atoms with Crippen molar-refractivity contribution in [2.24, 2.45) is 0 Å². The lowest BCUT2D eigenvalue weighted by molar-refractivity contribution is 0.0705. The van der Waals surface area contributed by atoms with Gasteiger partial charge in [-0.3, -0.25) is 4.79 Å². The molecule has 154 valence electrons. The van der Waals surface area contributed by atoms with Gasteiger partial charge in [0.15, 0.2) is 0 Å². The van der Waals surface area contributed by atoms with Gasteiger partial charge < -0.3 is 15.0 Å². The maximum absolute atomic E-state index is 12.9. The van der Waals surface area contributed by atoms with Crippen molar-refractivity contribution < 1.29 is 9.53 Å². The number of nitrogens with zero attached hydrogens (tertiary/aromatic N) is 4. The van der Waals surface area contributed by atoms with Crippen LogP contribution in [-0.4, -0.2) is 46.0 Å². The Bertz CT molecular complexity index is 1030. The number of carbonyl (C=O) groups excluding carboxylic acids is 1. The van der Waals surface area contributed by atoms with Crippen LogP contribution in [0.4, 0.5) is 11.6 Å². The Balaban J connectivity index is 1.47. The van der Waals surface area contributed by atoms with Gasteiger partial charge in [0, 0.05) is 37.1 Å². The average molecular weight is 424 g/mol. The number of likely N-dealkylation sites (tertiary alicyclic amines) is 1. The van der Waals surface area contributed by atoms with Gasteiger partial charge in [-0.1, -0.05) is 11.6 Å². The van der Waals surface area contributed by atoms with Crippen LogP contribution in [0.25, 0.3) is 0 Å². The molecule has 1 aliphatic heterocycles. The molecule has 0 aliphatic carbocycles. The highest BCUT2D eigenvalue weighted by atomic mass is 35.5. The van der Waals surface area contributed by atoms with Gasteiger partial charge in [-0.15, -0.1) is 0 Å². The summed E-state index contributed by atoms with van der Waals surface area (Å²) in [7, 11) is 1.63. The molecule has 1 atom stereocenters. The van der Waals surface area contributed by atoms with Crippen LogP contribution < -0.4 is 10.1 Å². The Kier molecular flexibility index (Phi) is 6.09. The molecule has 1 saturated heterocycles. The van der Waals surface area contributed by atoms with Gasteiger partial charge in [-0.25, -0.2) is 15.0 Å². The van der Waals surface area contributed by atoms with Crippen molar-refractivity contribution in [3.8, 4) is 5.75 Å². The van der Waals surface area contributed by atoms with Crippen LogP contribution in [0.5, 0.6) is 5.75 Å². The summed E-state index contributed by atoms with van der Waals surface area (Å²) < 4.78 is 5.18. The monoisotopic (exact) mass is 423 g/mol. The molecule has 0 radical (unpaired) electrons. The zero-order valence-corrected chi connectivity index (χ0v) is 17.3. The topological polar surface area (TPSA) is 80.2 Å². The molecule has 8 heteroatoms. The molecule has 0 bridgehead atoms. The predicted octanol–water partition coefficient (Wildman–Crippen LogP) is 4.30. The molecule has 1 unspecified atom stereocenters. The molecule has 7 nitrogen and oxygen atoms in total. The smallest absolute Gasteiger partial charge is 0.257 e. The molecule has 4 rings (SSSR count). The zero-order chi connectivity index (χ0) is 20.9. The Morgan fingerprint density at radius 1 is 1.17 bits per heavy atom. The van der Waals surface area contributed by atoms with E-state index in [2.05, 4.69) is 20.3 Å². The standard InChI is InChI=1S/C22H22ClN5O2/c1-30-17-8-6-16(7-9-17)26-22-25-12-10-19(27-22)15-4-3-13-28(14-15)21(29)18-5-2-11-24-20(18)23/h2,5-12,15H,3-4,13-14H2,1H3,(H,25,26,27). The average Bonchev–Trinajstić information content (AvgIpc) is 2.80. The lowest BCUT2D eigenvalue weighted by Crippen LogP contribution is -2.39. The summed E-state index contributed by atoms with van der Waals surface area (Å²) in [6, 6.07) is 12.9. The molecule has 3 aromatic rings. The highest BCUT2D eigenvalue weighted by molar-refractivity contribution is 6.32. The minimum atomic E-state index is -0.0940. The van der Waals surface area contributed by atoms with Crippen LogP contribution in [0.1, 0.15) is 34.8 Å². The largest absolute Gasteiger partial charge is 0.497 e. The molecule has 30 heavy (non-hydrogen) atoms. The van der Waals surface area contributed by atoms with Crippen LogP contribution in [0.2, 0.25) is 5.15 Å². The highest BCUT2D eigenvalue weighted by Crippen LogP contribution is 2.28. The number of carbonyl (C=O) groups is 1. The number of methoxy groups -OCH3 is 1. The summed E-state index contributed by atoms with van der Waals surface area (Å²) in [5, 5.41) is 3.45. The molecule has 1 N–H and O–H groups in total. The van der Waals surface area contributed by atoms with Crippen molar-refractivity contribution in [2.75, 3.05) is 25.5 Å². The van der Waals surface area contributed by atoms with E-state index in [1.807, 2.05) is 35.2 Å². The first-order valence-electron chi connectivity index (χ1n) is 9.78. The summed E-state index contributed by atoms with van der Waals surface area (Å²) in [5.41, 5.74) is 2.22. The van der Waals surface area contributed by atoms with Crippen LogP contribution in [0.15, 0.2) is 54.9 Å². The van der Waals surface area contributed by atoms with Crippen molar-refractivity contribution in [2.45, 2.75) is 18.8 Å². The zero-order valence-electron chi connectivity index (χ0n) is 16.6. The van der Waals surface area contributed by atoms with E-state index in [1.165, 1.54) is 0 Å². The van der Waals surface area contributed by atoms with E-state index in [4.69, 9.17) is 16.3 Å². The van der Waals surface area contributed by atoms with Crippen LogP contribution >= 0.6 is 11.6 Å². The summed E-state index contributed by atoms with van der Waals surface area (Å²) in [6.45, 7) is 1.28. The summed E-state index contributed by atoms with van der Waals surface area (Å²) >= 11 is 6.11. The van der Waals surface area contributed by atoms with E-state index in [-0.39, 0.29) is 17.0 Å². The highest BCUT2D eigenvalue weighted by Gasteiger charge is 2.27. The second-order valence-corrected chi connectivity index (χ2v) is 7.45. The summed E-state index contributed by atoms with van der Waals surface area (Å²) in [5.74, 6) is 1.35. The quantitative estimate of drug-likeness (QED) is 0.616. The number of ether oxygens (including phenoxy) is 1. The Morgan fingerprint density at radius 2 is 2.00 bits per heavy atom. The van der Waals surface area contributed by atoms with E-state index < -0.39 is 0 Å². The van der Waals surface area contributed by atoms with Gasteiger partial charge in [0.05, 0.1) is 18.4 Å². The molecule has 1 fully saturated rings. The van der Waals surface area contributed by atoms with E-state index in [0.29, 0.717) is 24.6 Å². The SMILES string of the molecule is COc1ccc(Nc2nccc(C3CCCN(C(=O)c4cccnc4Cl)C3)n2)cc1. The van der Waals surface area contributed by atoms with Gasteiger partial charge >= 0.3 is 0 Å². The van der Waals surface area contributed by atoms with Crippen LogP contribution in [0, 0.1) is 0 Å². The number of amides is 1. The Morgan fingerprint density at radius 3 is 2.77 bits per heavy atom. The van der Waals surface area contributed by atoms with E-state index >= 15 is 0 Å². The molecule has 2 aromatic heterocycles. The third kappa shape index (κ3) is 4.52. The van der Waals surface area contributed by atoms with E-state index in [0.717, 1.165) is 30.0 Å². The number of rotatable bonds is 5. The van der Waals surface area contributed by atoms with Gasteiger partial charge in [-0.2, -0.15) is 0 Å². The number of nitrogens with one attached hydrogen (secondary N) is 1. The molecule has 1 aromatic carbocycles. The van der Waals surface area contributed by atoms with Crippen molar-refractivity contribution in [1.29, 1.82) is 0 Å². The second kappa shape index (κ2) is 9.09. The number of hydrogen-bond donors (Lipinski definition) is 1. The third-order valence-electron chi connectivity index (χ3n) is 5.14. The van der Waals surface area contributed by atoms with Crippen molar-refractivity contribution in [3.63, 3.8) is 0 Å². The van der Waals surface area contributed by atoms with E-state index in [1.54, 1.807) is 31.6 Å². The maximum Gasteiger partial charge on any atom is 0.257 e. The number of anilines is 2. The Labute approximate surface area is 180 Å². The molecular formula is C22H22ClN5O2. The molecule has 1 amide bonds. The van der Waals surface area contributed by atoms with Gasteiger partial charge in [0.2, 0.25) is 5.95 Å². The third-order valence-corrected chi connectivity index (χ3v) is 5.44. The van der Waals surface area contributed by atoms with E-state index in [9.17, 15) is 4.79 Å². The fourth-order valence-corrected chi connectivity index (χ4v) is 3.78. The molecule has 1 aliphatic rings. The van der Waals surface area contributed by atoms with Crippen molar-refractivity contribution in [1.82, 2.24) is 19.9 Å². The lowest BCUT2D eigenvalue weighted by Gasteiger charge is -2.32. The minimum Gasteiger partial charge on any atom is -0.497 e. The number of piperidine rings is 1. The number of benzene rings is 1. The van der Waals surface area contributed by atoms with Gasteiger partial charge in [0.25, 0.3) is 5.91 Å². The number of pyridine rings is 1. The molecule has 0 spiro atoms. The van der Waals surface area contributed by atoms with Crippen LogP contribution in [0.3, 0.4) is 0 Å². The predicted molar refractivity (Wildman–Crippen MR) is 115 cm³/mol. The second-order valence-electron chi connectivity index (χ2n) is 7.09. The number of aromatic nitrogens is 3.